The molecule has 0 unspecified atom stereocenters. The maximum atomic E-state index is 14.9. The summed E-state index contributed by atoms with van der Waals surface area (Å²) >= 11 is 0. The fraction of sp³-hybridized carbons (Fsp3) is 0. The molecule has 0 spiro atoms. The van der Waals surface area contributed by atoms with Crippen LogP contribution in [0, 0.1) is 0 Å². The van der Waals surface area contributed by atoms with Gasteiger partial charge in [0.05, 0.1) is 11.2 Å². The summed E-state index contributed by atoms with van der Waals surface area (Å²) in [6.07, 6.45) is 2.10. The molecule has 2 heterocycles. The highest BCUT2D eigenvalue weighted by molar-refractivity contribution is 7.85. The summed E-state index contributed by atoms with van der Waals surface area (Å²) in [7, 11) is -3.07. The molecule has 176 valence electrons. The number of aromatic nitrogens is 2. The Morgan fingerprint density at radius 2 is 1.11 bits per heavy atom. The first-order valence-electron chi connectivity index (χ1n) is 12.3. The van der Waals surface area contributed by atoms with Crippen LogP contribution in [0.3, 0.4) is 0 Å². The summed E-state index contributed by atoms with van der Waals surface area (Å²) in [6.45, 7) is 0. The largest absolute Gasteiger partial charge is 0.309 e. The molecule has 37 heavy (non-hydrogen) atoms. The van der Waals surface area contributed by atoms with Gasteiger partial charge in [-0.3, -0.25) is 4.40 Å². The second-order valence-electron chi connectivity index (χ2n) is 9.21. The molecule has 0 saturated heterocycles. The molecule has 5 aromatic carbocycles. The zero-order chi connectivity index (χ0) is 24.8. The van der Waals surface area contributed by atoms with Crippen molar-refractivity contribution in [3.05, 3.63) is 140 Å². The standard InChI is InChI=1S/C33H23N2OP/c36-37(25-13-3-1-4-14-25,26-15-5-2-6-16-26)27-17-11-12-24(22-27)31-23-35-32-21-10-9-19-29(32)28-18-7-8-20-30(28)33(35)34-31/h1-23H. The minimum atomic E-state index is -3.07. The van der Waals surface area contributed by atoms with Gasteiger partial charge in [0.2, 0.25) is 0 Å². The number of hydrogen-bond acceptors (Lipinski definition) is 2. The van der Waals surface area contributed by atoms with Crippen molar-refractivity contribution >= 4 is 50.4 Å². The van der Waals surface area contributed by atoms with Crippen molar-refractivity contribution in [2.45, 2.75) is 0 Å². The molecule has 4 heteroatoms. The molecule has 3 nitrogen and oxygen atoms in total. The molecule has 0 bridgehead atoms. The summed E-state index contributed by atoms with van der Waals surface area (Å²) in [4.78, 5) is 5.10. The highest BCUT2D eigenvalue weighted by Gasteiger charge is 2.30. The van der Waals surface area contributed by atoms with Gasteiger partial charge in [-0.05, 0) is 17.5 Å². The summed E-state index contributed by atoms with van der Waals surface area (Å²) in [6, 6.07) is 44.5. The minimum Gasteiger partial charge on any atom is -0.309 e. The molecular weight excluding hydrogens is 471 g/mol. The van der Waals surface area contributed by atoms with Crippen LogP contribution < -0.4 is 15.9 Å². The van der Waals surface area contributed by atoms with E-state index in [2.05, 4.69) is 65.2 Å². The molecular formula is C33H23N2OP. The number of rotatable bonds is 4. The zero-order valence-corrected chi connectivity index (χ0v) is 20.9. The molecule has 7 rings (SSSR count). The van der Waals surface area contributed by atoms with Gasteiger partial charge in [0.15, 0.2) is 7.14 Å². The van der Waals surface area contributed by atoms with Gasteiger partial charge < -0.3 is 4.57 Å². The van der Waals surface area contributed by atoms with Gasteiger partial charge in [-0.25, -0.2) is 4.98 Å². The predicted molar refractivity (Wildman–Crippen MR) is 155 cm³/mol. The van der Waals surface area contributed by atoms with Crippen molar-refractivity contribution in [3.8, 4) is 11.3 Å². The van der Waals surface area contributed by atoms with E-state index in [1.807, 2.05) is 78.9 Å². The first kappa shape index (κ1) is 21.8. The van der Waals surface area contributed by atoms with Crippen molar-refractivity contribution in [1.29, 1.82) is 0 Å². The van der Waals surface area contributed by atoms with E-state index in [4.69, 9.17) is 4.98 Å². The van der Waals surface area contributed by atoms with Crippen molar-refractivity contribution in [2.75, 3.05) is 0 Å². The SMILES string of the molecule is O=P(c1ccccc1)(c1ccccc1)c1cccc(-c2cn3c4ccccc4c4ccccc4c3n2)c1. The van der Waals surface area contributed by atoms with Crippen LogP contribution in [0.25, 0.3) is 38.6 Å². The molecule has 0 saturated carbocycles. The van der Waals surface area contributed by atoms with Crippen LogP contribution in [0.5, 0.6) is 0 Å². The van der Waals surface area contributed by atoms with E-state index >= 15 is 0 Å². The molecule has 0 N–H and O–H groups in total. The van der Waals surface area contributed by atoms with Crippen molar-refractivity contribution in [3.63, 3.8) is 0 Å². The minimum absolute atomic E-state index is 0.800. The number of imidazole rings is 1. The smallest absolute Gasteiger partial charge is 0.171 e. The van der Waals surface area contributed by atoms with Gasteiger partial charge in [0, 0.05) is 38.4 Å². The Morgan fingerprint density at radius 3 is 1.81 bits per heavy atom. The topological polar surface area (TPSA) is 34.4 Å². The third-order valence-electron chi connectivity index (χ3n) is 7.07. The number of pyridine rings is 1. The molecule has 0 atom stereocenters. The van der Waals surface area contributed by atoms with Crippen LogP contribution in [0.2, 0.25) is 0 Å². The van der Waals surface area contributed by atoms with Crippen LogP contribution in [-0.2, 0) is 4.57 Å². The van der Waals surface area contributed by atoms with E-state index in [0.29, 0.717) is 0 Å². The van der Waals surface area contributed by atoms with Crippen LogP contribution in [0.1, 0.15) is 0 Å². The fourth-order valence-corrected chi connectivity index (χ4v) is 8.00. The van der Waals surface area contributed by atoms with Gasteiger partial charge in [-0.2, -0.15) is 0 Å². The van der Waals surface area contributed by atoms with Crippen LogP contribution in [0.4, 0.5) is 0 Å². The van der Waals surface area contributed by atoms with Crippen molar-refractivity contribution in [2.24, 2.45) is 0 Å². The first-order chi connectivity index (χ1) is 18.2. The average molecular weight is 495 g/mol. The molecule has 7 aromatic rings. The van der Waals surface area contributed by atoms with Crippen molar-refractivity contribution < 1.29 is 4.57 Å². The van der Waals surface area contributed by atoms with Gasteiger partial charge in [0.25, 0.3) is 0 Å². The Bertz CT molecular complexity index is 1840. The van der Waals surface area contributed by atoms with Crippen LogP contribution in [0.15, 0.2) is 140 Å². The summed E-state index contributed by atoms with van der Waals surface area (Å²) in [5, 5.41) is 5.95. The molecule has 0 radical (unpaired) electrons. The lowest BCUT2D eigenvalue weighted by molar-refractivity contribution is 0.592. The fourth-order valence-electron chi connectivity index (χ4n) is 5.30. The second kappa shape index (κ2) is 8.58. The Labute approximate surface area is 215 Å². The maximum Gasteiger partial charge on any atom is 0.171 e. The van der Waals surface area contributed by atoms with E-state index in [-0.39, 0.29) is 0 Å². The molecule has 0 aliphatic rings. The number of fused-ring (bicyclic) bond motifs is 6. The van der Waals surface area contributed by atoms with Gasteiger partial charge in [0.1, 0.15) is 5.65 Å². The van der Waals surface area contributed by atoms with E-state index in [0.717, 1.165) is 43.7 Å². The highest BCUT2D eigenvalue weighted by Crippen LogP contribution is 2.43. The van der Waals surface area contributed by atoms with E-state index < -0.39 is 7.14 Å². The average Bonchev–Trinajstić information content (AvgIpc) is 3.44. The number of nitrogens with zero attached hydrogens (tertiary/aromatic N) is 2. The molecule has 0 fully saturated rings. The normalized spacial score (nSPS) is 11.9. The summed E-state index contributed by atoms with van der Waals surface area (Å²) in [5.74, 6) is 0. The number of para-hydroxylation sites is 1. The third kappa shape index (κ3) is 3.43. The monoisotopic (exact) mass is 494 g/mol. The maximum absolute atomic E-state index is 14.9. The van der Waals surface area contributed by atoms with Crippen LogP contribution in [-0.4, -0.2) is 9.38 Å². The molecule has 0 amide bonds. The Balaban J connectivity index is 1.46. The van der Waals surface area contributed by atoms with Crippen molar-refractivity contribution in [1.82, 2.24) is 9.38 Å². The van der Waals surface area contributed by atoms with Gasteiger partial charge in [-0.15, -0.1) is 0 Å². The highest BCUT2D eigenvalue weighted by atomic mass is 31.2. The lowest BCUT2D eigenvalue weighted by Gasteiger charge is -2.20. The Kier molecular flexibility index (Phi) is 5.06. The first-order valence-corrected chi connectivity index (χ1v) is 14.0. The van der Waals surface area contributed by atoms with E-state index in [1.165, 1.54) is 10.8 Å². The second-order valence-corrected chi connectivity index (χ2v) is 12.0. The molecule has 0 aliphatic carbocycles. The third-order valence-corrected chi connectivity index (χ3v) is 10.1. The molecule has 2 aromatic heterocycles. The lowest BCUT2D eigenvalue weighted by atomic mass is 10.1. The summed E-state index contributed by atoms with van der Waals surface area (Å²) in [5.41, 5.74) is 3.84. The number of benzene rings is 5. The predicted octanol–water partition coefficient (Wildman–Crippen LogP) is 6.95. The Morgan fingerprint density at radius 1 is 0.541 bits per heavy atom. The van der Waals surface area contributed by atoms with Gasteiger partial charge in [-0.1, -0.05) is 121 Å². The lowest BCUT2D eigenvalue weighted by Crippen LogP contribution is -2.25. The van der Waals surface area contributed by atoms with Crippen LogP contribution >= 0.6 is 7.14 Å². The molecule has 0 aliphatic heterocycles. The zero-order valence-electron chi connectivity index (χ0n) is 20.0. The van der Waals surface area contributed by atoms with E-state index in [9.17, 15) is 4.57 Å². The Hall–Kier alpha value is -4.46. The summed E-state index contributed by atoms with van der Waals surface area (Å²) < 4.78 is 17.1. The van der Waals surface area contributed by atoms with Gasteiger partial charge >= 0.3 is 0 Å². The number of hydrogen-bond donors (Lipinski definition) is 0. The quantitative estimate of drug-likeness (QED) is 0.196. The van der Waals surface area contributed by atoms with E-state index in [1.54, 1.807) is 0 Å².